The van der Waals surface area contributed by atoms with Crippen LogP contribution in [0, 0.1) is 5.82 Å². The normalized spacial score (nSPS) is 20.5. The van der Waals surface area contributed by atoms with Crippen molar-refractivity contribution < 1.29 is 8.78 Å². The molecule has 1 unspecified atom stereocenters. The molecular weight excluding hydrogens is 184 g/mol. The van der Waals surface area contributed by atoms with Gasteiger partial charge in [0.05, 0.1) is 6.67 Å². The highest BCUT2D eigenvalue weighted by molar-refractivity contribution is 5.28. The van der Waals surface area contributed by atoms with Gasteiger partial charge in [0.2, 0.25) is 0 Å². The molecule has 1 atom stereocenters. The van der Waals surface area contributed by atoms with Crippen LogP contribution in [0.4, 0.5) is 8.78 Å². The van der Waals surface area contributed by atoms with Crippen LogP contribution in [0.1, 0.15) is 24.3 Å². The maximum absolute atomic E-state index is 12.9. The zero-order valence-corrected chi connectivity index (χ0v) is 7.84. The average molecular weight is 197 g/mol. The van der Waals surface area contributed by atoms with Crippen molar-refractivity contribution in [2.24, 2.45) is 5.73 Å². The molecule has 0 radical (unpaired) electrons. The zero-order valence-electron chi connectivity index (χ0n) is 7.84. The second-order valence-corrected chi connectivity index (χ2v) is 4.00. The molecule has 0 spiro atoms. The van der Waals surface area contributed by atoms with Crippen LogP contribution < -0.4 is 5.73 Å². The van der Waals surface area contributed by atoms with E-state index in [4.69, 9.17) is 5.73 Å². The monoisotopic (exact) mass is 197 g/mol. The fraction of sp³-hybridized carbons (Fsp3) is 0.455. The second-order valence-electron chi connectivity index (χ2n) is 4.00. The summed E-state index contributed by atoms with van der Waals surface area (Å²) < 4.78 is 25.7. The van der Waals surface area contributed by atoms with Crippen LogP contribution in [0.25, 0.3) is 0 Å². The summed E-state index contributed by atoms with van der Waals surface area (Å²) >= 11 is 0. The van der Waals surface area contributed by atoms with Crippen LogP contribution >= 0.6 is 0 Å². The number of rotatable bonds is 3. The van der Waals surface area contributed by atoms with E-state index < -0.39 is 12.2 Å². The van der Waals surface area contributed by atoms with Gasteiger partial charge in [-0.25, -0.2) is 4.39 Å². The standard InChI is InChI=1S/C11H13F2N/c12-7-10(11(14)4-5-11)8-2-1-3-9(13)6-8/h1-3,6,10H,4-5,7,14H2. The highest BCUT2D eigenvalue weighted by Gasteiger charge is 2.46. The lowest BCUT2D eigenvalue weighted by Crippen LogP contribution is -2.32. The molecule has 0 saturated heterocycles. The van der Waals surface area contributed by atoms with E-state index in [1.165, 1.54) is 12.1 Å². The Balaban J connectivity index is 2.27. The highest BCUT2D eigenvalue weighted by atomic mass is 19.1. The lowest BCUT2D eigenvalue weighted by atomic mass is 9.91. The predicted octanol–water partition coefficient (Wildman–Crippen LogP) is 2.37. The van der Waals surface area contributed by atoms with Crippen molar-refractivity contribution in [3.63, 3.8) is 0 Å². The predicted molar refractivity (Wildman–Crippen MR) is 51.3 cm³/mol. The number of halogens is 2. The van der Waals surface area contributed by atoms with Crippen LogP contribution in [0.2, 0.25) is 0 Å². The molecule has 1 nitrogen and oxygen atoms in total. The molecule has 0 amide bonds. The molecule has 0 aliphatic heterocycles. The molecule has 0 aromatic heterocycles. The van der Waals surface area contributed by atoms with Crippen molar-refractivity contribution in [3.8, 4) is 0 Å². The van der Waals surface area contributed by atoms with Gasteiger partial charge in [-0.1, -0.05) is 12.1 Å². The minimum atomic E-state index is -0.514. The zero-order chi connectivity index (χ0) is 10.2. The van der Waals surface area contributed by atoms with Crippen molar-refractivity contribution in [2.75, 3.05) is 6.67 Å². The number of alkyl halides is 1. The number of hydrogen-bond acceptors (Lipinski definition) is 1. The Bertz CT molecular complexity index is 334. The fourth-order valence-electron chi connectivity index (χ4n) is 1.79. The van der Waals surface area contributed by atoms with Gasteiger partial charge in [0.25, 0.3) is 0 Å². The molecular formula is C11H13F2N. The van der Waals surface area contributed by atoms with Crippen LogP contribution in [-0.4, -0.2) is 12.2 Å². The molecule has 3 heteroatoms. The number of nitrogens with two attached hydrogens (primary N) is 1. The molecule has 0 bridgehead atoms. The molecule has 1 aliphatic carbocycles. The van der Waals surface area contributed by atoms with Gasteiger partial charge in [-0.15, -0.1) is 0 Å². The van der Waals surface area contributed by atoms with Crippen molar-refractivity contribution in [1.29, 1.82) is 0 Å². The molecule has 1 aromatic rings. The van der Waals surface area contributed by atoms with Crippen molar-refractivity contribution in [2.45, 2.75) is 24.3 Å². The quantitative estimate of drug-likeness (QED) is 0.791. The van der Waals surface area contributed by atoms with E-state index in [1.807, 2.05) is 0 Å². The van der Waals surface area contributed by atoms with Crippen molar-refractivity contribution in [1.82, 2.24) is 0 Å². The van der Waals surface area contributed by atoms with Gasteiger partial charge in [0, 0.05) is 11.5 Å². The first-order chi connectivity index (χ1) is 6.65. The van der Waals surface area contributed by atoms with Crippen LogP contribution in [0.3, 0.4) is 0 Å². The maximum atomic E-state index is 12.9. The minimum absolute atomic E-state index is 0.329. The summed E-state index contributed by atoms with van der Waals surface area (Å²) in [5.41, 5.74) is 6.17. The van der Waals surface area contributed by atoms with Crippen LogP contribution in [0.5, 0.6) is 0 Å². The van der Waals surface area contributed by atoms with E-state index >= 15 is 0 Å². The maximum Gasteiger partial charge on any atom is 0.123 e. The van der Waals surface area contributed by atoms with Gasteiger partial charge < -0.3 is 5.73 Å². The summed E-state index contributed by atoms with van der Waals surface area (Å²) in [4.78, 5) is 0. The Hall–Kier alpha value is -0.960. The SMILES string of the molecule is NC1(C(CF)c2cccc(F)c2)CC1. The van der Waals surface area contributed by atoms with Crippen LogP contribution in [-0.2, 0) is 0 Å². The molecule has 76 valence electrons. The molecule has 1 saturated carbocycles. The third-order valence-corrected chi connectivity index (χ3v) is 2.93. The molecule has 1 aromatic carbocycles. The Kier molecular flexibility index (Phi) is 2.27. The molecule has 1 fully saturated rings. The molecule has 2 rings (SSSR count). The summed E-state index contributed by atoms with van der Waals surface area (Å²) in [6.45, 7) is -0.514. The largest absolute Gasteiger partial charge is 0.324 e. The minimum Gasteiger partial charge on any atom is -0.324 e. The smallest absolute Gasteiger partial charge is 0.123 e. The van der Waals surface area contributed by atoms with Gasteiger partial charge in [0.15, 0.2) is 0 Å². The summed E-state index contributed by atoms with van der Waals surface area (Å²) in [6.07, 6.45) is 1.66. The third-order valence-electron chi connectivity index (χ3n) is 2.93. The summed E-state index contributed by atoms with van der Waals surface area (Å²) in [5, 5.41) is 0. The second kappa shape index (κ2) is 3.31. The van der Waals surface area contributed by atoms with E-state index in [1.54, 1.807) is 12.1 Å². The Labute approximate surface area is 81.9 Å². The van der Waals surface area contributed by atoms with Gasteiger partial charge in [0.1, 0.15) is 5.82 Å². The lowest BCUT2D eigenvalue weighted by molar-refractivity contribution is 0.375. The van der Waals surface area contributed by atoms with E-state index in [2.05, 4.69) is 0 Å². The summed E-state index contributed by atoms with van der Waals surface area (Å²) in [6, 6.07) is 6.06. The molecule has 0 heterocycles. The molecule has 2 N–H and O–H groups in total. The Morgan fingerprint density at radius 3 is 2.64 bits per heavy atom. The third kappa shape index (κ3) is 1.64. The number of benzene rings is 1. The number of hydrogen-bond donors (Lipinski definition) is 1. The highest BCUT2D eigenvalue weighted by Crippen LogP contribution is 2.45. The topological polar surface area (TPSA) is 26.0 Å². The summed E-state index contributed by atoms with van der Waals surface area (Å²) in [5.74, 6) is -0.677. The van der Waals surface area contributed by atoms with Gasteiger partial charge >= 0.3 is 0 Å². The van der Waals surface area contributed by atoms with Crippen molar-refractivity contribution in [3.05, 3.63) is 35.6 Å². The van der Waals surface area contributed by atoms with Gasteiger partial charge in [-0.05, 0) is 30.5 Å². The van der Waals surface area contributed by atoms with Crippen molar-refractivity contribution >= 4 is 0 Å². The first-order valence-corrected chi connectivity index (χ1v) is 4.76. The van der Waals surface area contributed by atoms with Gasteiger partial charge in [-0.2, -0.15) is 0 Å². The fourth-order valence-corrected chi connectivity index (χ4v) is 1.79. The summed E-state index contributed by atoms with van der Waals surface area (Å²) in [7, 11) is 0. The lowest BCUT2D eigenvalue weighted by Gasteiger charge is -2.20. The van der Waals surface area contributed by atoms with Crippen LogP contribution in [0.15, 0.2) is 24.3 Å². The first kappa shape index (κ1) is 9.59. The first-order valence-electron chi connectivity index (χ1n) is 4.76. The molecule has 1 aliphatic rings. The van der Waals surface area contributed by atoms with E-state index in [0.717, 1.165) is 12.8 Å². The van der Waals surface area contributed by atoms with E-state index in [-0.39, 0.29) is 11.7 Å². The Morgan fingerprint density at radius 2 is 2.14 bits per heavy atom. The van der Waals surface area contributed by atoms with Gasteiger partial charge in [-0.3, -0.25) is 4.39 Å². The molecule has 14 heavy (non-hydrogen) atoms. The average Bonchev–Trinajstić information content (AvgIpc) is 2.85. The van der Waals surface area contributed by atoms with E-state index in [9.17, 15) is 8.78 Å². The Morgan fingerprint density at radius 1 is 1.43 bits per heavy atom. The van der Waals surface area contributed by atoms with E-state index in [0.29, 0.717) is 5.56 Å².